The molecule has 1 fully saturated rings. The lowest BCUT2D eigenvalue weighted by Gasteiger charge is -2.23. The summed E-state index contributed by atoms with van der Waals surface area (Å²) in [5.41, 5.74) is 3.11. The molecule has 1 aliphatic heterocycles. The quantitative estimate of drug-likeness (QED) is 0.478. The van der Waals surface area contributed by atoms with E-state index < -0.39 is 0 Å². The lowest BCUT2D eigenvalue weighted by atomic mass is 10.0. The molecule has 4 heterocycles. The molecule has 1 aromatic carbocycles. The number of hydrogen-bond acceptors (Lipinski definition) is 7. The summed E-state index contributed by atoms with van der Waals surface area (Å²) < 4.78 is 13.5. The molecule has 0 saturated carbocycles. The molecule has 3 aromatic heterocycles. The van der Waals surface area contributed by atoms with Gasteiger partial charge in [-0.3, -0.25) is 4.90 Å². The molecule has 31 heavy (non-hydrogen) atoms. The van der Waals surface area contributed by atoms with Gasteiger partial charge in [-0.05, 0) is 42.3 Å². The highest BCUT2D eigenvalue weighted by Crippen LogP contribution is 2.21. The number of hydrogen-bond donors (Lipinski definition) is 0. The van der Waals surface area contributed by atoms with Gasteiger partial charge in [-0.1, -0.05) is 12.1 Å². The van der Waals surface area contributed by atoms with Gasteiger partial charge in [0.1, 0.15) is 5.75 Å². The van der Waals surface area contributed by atoms with Crippen molar-refractivity contribution in [3.63, 3.8) is 0 Å². The van der Waals surface area contributed by atoms with E-state index in [9.17, 15) is 0 Å². The van der Waals surface area contributed by atoms with E-state index in [1.54, 1.807) is 24.7 Å². The summed E-state index contributed by atoms with van der Waals surface area (Å²) in [6.45, 7) is 4.17. The van der Waals surface area contributed by atoms with Gasteiger partial charge >= 0.3 is 6.01 Å². The zero-order chi connectivity index (χ0) is 20.9. The molecule has 1 aliphatic rings. The van der Waals surface area contributed by atoms with E-state index in [4.69, 9.17) is 9.47 Å². The number of nitrogens with zero attached hydrogens (tertiary/aromatic N) is 6. The standard InChI is InChI=1S/C23H24N6O2/c1-3-18(14-21(4-1)31-23-25-7-2-8-26-23)15-28-11-12-30-17-19(16-28)13-20-5-6-22-24-9-10-29(22)27-20/h1-10,14,19H,11-13,15-17H2. The average Bonchev–Trinajstić information content (AvgIpc) is 3.14. The lowest BCUT2D eigenvalue weighted by Crippen LogP contribution is -2.30. The van der Waals surface area contributed by atoms with Gasteiger partial charge in [0, 0.05) is 50.3 Å². The Morgan fingerprint density at radius 2 is 1.97 bits per heavy atom. The first-order valence-electron chi connectivity index (χ1n) is 10.4. The van der Waals surface area contributed by atoms with Crippen molar-refractivity contribution in [1.29, 1.82) is 0 Å². The minimum atomic E-state index is 0.352. The minimum Gasteiger partial charge on any atom is -0.424 e. The fourth-order valence-corrected chi connectivity index (χ4v) is 3.89. The van der Waals surface area contributed by atoms with Crippen LogP contribution < -0.4 is 4.74 Å². The second kappa shape index (κ2) is 9.20. The van der Waals surface area contributed by atoms with E-state index in [1.165, 1.54) is 5.56 Å². The third-order valence-corrected chi connectivity index (χ3v) is 5.29. The fourth-order valence-electron chi connectivity index (χ4n) is 3.89. The molecule has 5 rings (SSSR count). The number of imidazole rings is 1. The predicted octanol–water partition coefficient (Wildman–Crippen LogP) is 3.00. The van der Waals surface area contributed by atoms with Crippen LogP contribution in [-0.4, -0.2) is 55.8 Å². The lowest BCUT2D eigenvalue weighted by molar-refractivity contribution is 0.121. The van der Waals surface area contributed by atoms with Gasteiger partial charge in [-0.15, -0.1) is 0 Å². The number of ether oxygens (including phenoxy) is 2. The summed E-state index contributed by atoms with van der Waals surface area (Å²) in [5, 5.41) is 4.67. The van der Waals surface area contributed by atoms with Crippen molar-refractivity contribution in [3.8, 4) is 11.8 Å². The Hall–Kier alpha value is -3.36. The Morgan fingerprint density at radius 1 is 1.03 bits per heavy atom. The van der Waals surface area contributed by atoms with Crippen LogP contribution in [0.25, 0.3) is 5.65 Å². The van der Waals surface area contributed by atoms with Gasteiger partial charge in [0.25, 0.3) is 0 Å². The summed E-state index contributed by atoms with van der Waals surface area (Å²) in [4.78, 5) is 14.9. The maximum Gasteiger partial charge on any atom is 0.321 e. The number of fused-ring (bicyclic) bond motifs is 1. The Labute approximate surface area is 180 Å². The molecule has 4 aromatic rings. The molecule has 0 amide bonds. The van der Waals surface area contributed by atoms with Crippen LogP contribution in [0.1, 0.15) is 11.3 Å². The molecule has 0 spiro atoms. The minimum absolute atomic E-state index is 0.352. The normalized spacial score (nSPS) is 17.5. The van der Waals surface area contributed by atoms with Crippen molar-refractivity contribution in [3.05, 3.63) is 78.5 Å². The predicted molar refractivity (Wildman–Crippen MR) is 115 cm³/mol. The van der Waals surface area contributed by atoms with Crippen molar-refractivity contribution in [2.24, 2.45) is 5.92 Å². The fraction of sp³-hybridized carbons (Fsp3) is 0.304. The summed E-state index contributed by atoms with van der Waals surface area (Å²) in [5.74, 6) is 1.12. The zero-order valence-corrected chi connectivity index (χ0v) is 17.2. The Kier molecular flexibility index (Phi) is 5.81. The second-order valence-electron chi connectivity index (χ2n) is 7.72. The van der Waals surface area contributed by atoms with E-state index in [2.05, 4.69) is 37.1 Å². The summed E-state index contributed by atoms with van der Waals surface area (Å²) >= 11 is 0. The van der Waals surface area contributed by atoms with Crippen molar-refractivity contribution >= 4 is 5.65 Å². The number of rotatable bonds is 6. The first-order chi connectivity index (χ1) is 15.3. The molecular weight excluding hydrogens is 392 g/mol. The molecule has 8 heteroatoms. The van der Waals surface area contributed by atoms with Gasteiger partial charge < -0.3 is 9.47 Å². The smallest absolute Gasteiger partial charge is 0.321 e. The Morgan fingerprint density at radius 3 is 2.90 bits per heavy atom. The van der Waals surface area contributed by atoms with Crippen LogP contribution in [0.4, 0.5) is 0 Å². The highest BCUT2D eigenvalue weighted by molar-refractivity contribution is 5.36. The number of aromatic nitrogens is 5. The number of benzene rings is 1. The summed E-state index contributed by atoms with van der Waals surface area (Å²) in [6.07, 6.45) is 7.86. The van der Waals surface area contributed by atoms with Crippen molar-refractivity contribution in [1.82, 2.24) is 29.5 Å². The van der Waals surface area contributed by atoms with Gasteiger partial charge in [-0.25, -0.2) is 19.5 Å². The van der Waals surface area contributed by atoms with Crippen molar-refractivity contribution in [2.45, 2.75) is 13.0 Å². The molecule has 0 aliphatic carbocycles. The molecule has 0 radical (unpaired) electrons. The summed E-state index contributed by atoms with van der Waals surface area (Å²) in [6, 6.07) is 14.3. The molecule has 8 nitrogen and oxygen atoms in total. The maximum atomic E-state index is 5.89. The van der Waals surface area contributed by atoms with Crippen LogP contribution in [0.3, 0.4) is 0 Å². The first kappa shape index (κ1) is 19.6. The highest BCUT2D eigenvalue weighted by atomic mass is 16.5. The molecule has 0 bridgehead atoms. The van der Waals surface area contributed by atoms with E-state index in [0.717, 1.165) is 56.4 Å². The van der Waals surface area contributed by atoms with E-state index >= 15 is 0 Å². The van der Waals surface area contributed by atoms with Crippen LogP contribution in [0.2, 0.25) is 0 Å². The Bertz CT molecular complexity index is 1130. The molecular formula is C23H24N6O2. The average molecular weight is 416 g/mol. The molecule has 158 valence electrons. The van der Waals surface area contributed by atoms with Gasteiger partial charge in [0.15, 0.2) is 5.65 Å². The third kappa shape index (κ3) is 5.04. The van der Waals surface area contributed by atoms with Gasteiger partial charge in [0.05, 0.1) is 18.9 Å². The summed E-state index contributed by atoms with van der Waals surface area (Å²) in [7, 11) is 0. The van der Waals surface area contributed by atoms with Crippen LogP contribution in [0, 0.1) is 5.92 Å². The molecule has 1 atom stereocenters. The maximum absolute atomic E-state index is 5.89. The van der Waals surface area contributed by atoms with E-state index in [1.807, 2.05) is 35.0 Å². The topological polar surface area (TPSA) is 77.7 Å². The van der Waals surface area contributed by atoms with Crippen LogP contribution in [0.5, 0.6) is 11.8 Å². The zero-order valence-electron chi connectivity index (χ0n) is 17.2. The van der Waals surface area contributed by atoms with Crippen LogP contribution in [0.15, 0.2) is 67.3 Å². The van der Waals surface area contributed by atoms with Crippen LogP contribution >= 0.6 is 0 Å². The second-order valence-corrected chi connectivity index (χ2v) is 7.72. The van der Waals surface area contributed by atoms with Crippen molar-refractivity contribution in [2.75, 3.05) is 26.3 Å². The first-order valence-corrected chi connectivity index (χ1v) is 10.4. The molecule has 0 N–H and O–H groups in total. The van der Waals surface area contributed by atoms with Crippen LogP contribution in [-0.2, 0) is 17.7 Å². The monoisotopic (exact) mass is 416 g/mol. The largest absolute Gasteiger partial charge is 0.424 e. The third-order valence-electron chi connectivity index (χ3n) is 5.29. The SMILES string of the molecule is c1cnc(Oc2cccc(CN3CCOCC(Cc4ccc5nccn5n4)C3)c2)nc1. The van der Waals surface area contributed by atoms with Crippen molar-refractivity contribution < 1.29 is 9.47 Å². The van der Waals surface area contributed by atoms with Gasteiger partial charge in [0.2, 0.25) is 0 Å². The highest BCUT2D eigenvalue weighted by Gasteiger charge is 2.20. The molecule has 1 saturated heterocycles. The van der Waals surface area contributed by atoms with E-state index in [0.29, 0.717) is 11.9 Å². The van der Waals surface area contributed by atoms with Gasteiger partial charge in [-0.2, -0.15) is 5.10 Å². The van der Waals surface area contributed by atoms with E-state index in [-0.39, 0.29) is 0 Å². The molecule has 1 unspecified atom stereocenters. The Balaban J connectivity index is 1.24.